The second-order valence-electron chi connectivity index (χ2n) is 5.67. The first-order chi connectivity index (χ1) is 12.0. The van der Waals surface area contributed by atoms with E-state index in [1.807, 2.05) is 55.5 Å². The van der Waals surface area contributed by atoms with Gasteiger partial charge in [-0.3, -0.25) is 4.79 Å². The molecule has 0 atom stereocenters. The van der Waals surface area contributed by atoms with E-state index in [9.17, 15) is 10.1 Å². The molecule has 0 spiro atoms. The molecule has 0 saturated heterocycles. The van der Waals surface area contributed by atoms with E-state index in [-0.39, 0.29) is 11.1 Å². The molecule has 2 N–H and O–H groups in total. The van der Waals surface area contributed by atoms with Crippen molar-refractivity contribution < 1.29 is 0 Å². The van der Waals surface area contributed by atoms with Gasteiger partial charge in [0.1, 0.15) is 11.6 Å². The number of hydrogen-bond donors (Lipinski definition) is 1. The highest BCUT2D eigenvalue weighted by Gasteiger charge is 2.14. The van der Waals surface area contributed by atoms with Crippen molar-refractivity contribution in [3.63, 3.8) is 0 Å². The van der Waals surface area contributed by atoms with Crippen LogP contribution in [0.1, 0.15) is 29.3 Å². The smallest absolute Gasteiger partial charge is 0.269 e. The highest BCUT2D eigenvalue weighted by molar-refractivity contribution is 5.73. The number of rotatable bonds is 5. The molecule has 0 aliphatic rings. The molecular weight excluding hydrogens is 310 g/mol. The highest BCUT2D eigenvalue weighted by atomic mass is 16.1. The average molecular weight is 331 g/mol. The van der Waals surface area contributed by atoms with Gasteiger partial charge in [0.25, 0.3) is 5.56 Å². The van der Waals surface area contributed by atoms with Crippen LogP contribution >= 0.6 is 0 Å². The predicted molar refractivity (Wildman–Crippen MR) is 102 cm³/mol. The standard InChI is InChI=1S/C21H21N3O/c1-4-17(12-18(23)5-2)20-11-15(3)19(13-22)21(25)24(20)14-16-9-7-6-8-10-16/h4-12H,2,14,23H2,1,3H3/b17-4+,18-12+. The summed E-state index contributed by atoms with van der Waals surface area (Å²) < 4.78 is 1.61. The third-order valence-corrected chi connectivity index (χ3v) is 3.96. The molecule has 0 bridgehead atoms. The van der Waals surface area contributed by atoms with E-state index in [0.717, 1.165) is 16.8 Å². The first kappa shape index (κ1) is 18.0. The second-order valence-corrected chi connectivity index (χ2v) is 5.67. The van der Waals surface area contributed by atoms with Gasteiger partial charge in [-0.15, -0.1) is 0 Å². The van der Waals surface area contributed by atoms with Gasteiger partial charge in [-0.25, -0.2) is 0 Å². The fraction of sp³-hybridized carbons (Fsp3) is 0.143. The van der Waals surface area contributed by atoms with E-state index >= 15 is 0 Å². The third kappa shape index (κ3) is 3.96. The van der Waals surface area contributed by atoms with Crippen LogP contribution < -0.4 is 11.3 Å². The fourth-order valence-electron chi connectivity index (χ4n) is 2.61. The number of nitrogens with zero attached hydrogens (tertiary/aromatic N) is 2. The van der Waals surface area contributed by atoms with Gasteiger partial charge in [-0.2, -0.15) is 5.26 Å². The molecule has 0 aliphatic heterocycles. The Bertz CT molecular complexity index is 942. The van der Waals surface area contributed by atoms with Gasteiger partial charge in [-0.1, -0.05) is 43.0 Å². The van der Waals surface area contributed by atoms with Gasteiger partial charge >= 0.3 is 0 Å². The van der Waals surface area contributed by atoms with Crippen LogP contribution in [0.15, 0.2) is 71.7 Å². The van der Waals surface area contributed by atoms with Crippen LogP contribution in [0.25, 0.3) is 5.57 Å². The van der Waals surface area contributed by atoms with Crippen molar-refractivity contribution in [3.8, 4) is 6.07 Å². The molecule has 1 aromatic heterocycles. The molecule has 0 radical (unpaired) electrons. The first-order valence-electron chi connectivity index (χ1n) is 7.96. The Hall–Kier alpha value is -3.32. The largest absolute Gasteiger partial charge is 0.399 e. The summed E-state index contributed by atoms with van der Waals surface area (Å²) in [5.74, 6) is 0. The lowest BCUT2D eigenvalue weighted by atomic mass is 10.0. The summed E-state index contributed by atoms with van der Waals surface area (Å²) in [7, 11) is 0. The molecule has 0 fully saturated rings. The Morgan fingerprint density at radius 1 is 1.36 bits per heavy atom. The van der Waals surface area contributed by atoms with Crippen molar-refractivity contribution in [1.82, 2.24) is 4.57 Å². The van der Waals surface area contributed by atoms with Crippen molar-refractivity contribution in [2.45, 2.75) is 20.4 Å². The molecule has 126 valence electrons. The van der Waals surface area contributed by atoms with Crippen LogP contribution in [-0.4, -0.2) is 4.57 Å². The van der Waals surface area contributed by atoms with E-state index in [4.69, 9.17) is 5.73 Å². The minimum atomic E-state index is -0.300. The molecule has 0 amide bonds. The molecule has 0 unspecified atom stereocenters. The number of aromatic nitrogens is 1. The van der Waals surface area contributed by atoms with E-state index in [2.05, 4.69) is 6.58 Å². The van der Waals surface area contributed by atoms with Crippen LogP contribution in [0.2, 0.25) is 0 Å². The molecule has 0 saturated carbocycles. The predicted octanol–water partition coefficient (Wildman–Crippen LogP) is 3.51. The van der Waals surface area contributed by atoms with Gasteiger partial charge < -0.3 is 10.3 Å². The first-order valence-corrected chi connectivity index (χ1v) is 7.96. The third-order valence-electron chi connectivity index (χ3n) is 3.96. The maximum absolute atomic E-state index is 12.9. The van der Waals surface area contributed by atoms with Gasteiger partial charge in [0.15, 0.2) is 0 Å². The summed E-state index contributed by atoms with van der Waals surface area (Å²) in [6.07, 6.45) is 5.21. The lowest BCUT2D eigenvalue weighted by Crippen LogP contribution is -2.27. The van der Waals surface area contributed by atoms with Crippen molar-refractivity contribution in [1.29, 1.82) is 5.26 Å². The molecule has 1 heterocycles. The number of nitriles is 1. The quantitative estimate of drug-likeness (QED) is 0.852. The van der Waals surface area contributed by atoms with E-state index in [1.165, 1.54) is 0 Å². The SMILES string of the molecule is C=C/C(N)=C\C(=C/C)c1cc(C)c(C#N)c(=O)n1Cc1ccccc1. The molecule has 2 aromatic rings. The number of allylic oxidation sites excluding steroid dienone is 4. The van der Waals surface area contributed by atoms with Crippen molar-refractivity contribution >= 4 is 5.57 Å². The Kier molecular flexibility index (Phi) is 5.75. The maximum atomic E-state index is 12.9. The fourth-order valence-corrected chi connectivity index (χ4v) is 2.61. The van der Waals surface area contributed by atoms with Crippen molar-refractivity contribution in [2.24, 2.45) is 5.73 Å². The van der Waals surface area contributed by atoms with Gasteiger partial charge in [0.2, 0.25) is 0 Å². The topological polar surface area (TPSA) is 71.8 Å². The molecule has 25 heavy (non-hydrogen) atoms. The minimum Gasteiger partial charge on any atom is -0.399 e. The number of aryl methyl sites for hydroxylation is 1. The van der Waals surface area contributed by atoms with Crippen LogP contribution in [-0.2, 0) is 6.54 Å². The second kappa shape index (κ2) is 7.98. The monoisotopic (exact) mass is 331 g/mol. The number of nitrogens with two attached hydrogens (primary N) is 1. The average Bonchev–Trinajstić information content (AvgIpc) is 2.63. The molecule has 4 heteroatoms. The number of hydrogen-bond acceptors (Lipinski definition) is 3. The van der Waals surface area contributed by atoms with E-state index < -0.39 is 0 Å². The number of pyridine rings is 1. The zero-order chi connectivity index (χ0) is 18.4. The Labute approximate surface area is 147 Å². The maximum Gasteiger partial charge on any atom is 0.269 e. The Morgan fingerprint density at radius 2 is 2.04 bits per heavy atom. The molecular formula is C21H21N3O. The van der Waals surface area contributed by atoms with Crippen molar-refractivity contribution in [2.75, 3.05) is 0 Å². The van der Waals surface area contributed by atoms with Gasteiger partial charge in [0, 0.05) is 5.70 Å². The Morgan fingerprint density at radius 3 is 2.60 bits per heavy atom. The van der Waals surface area contributed by atoms with Crippen molar-refractivity contribution in [3.05, 3.63) is 99.6 Å². The van der Waals surface area contributed by atoms with Gasteiger partial charge in [-0.05, 0) is 48.8 Å². The van der Waals surface area contributed by atoms with Crippen LogP contribution in [0.5, 0.6) is 0 Å². The zero-order valence-electron chi connectivity index (χ0n) is 14.5. The van der Waals surface area contributed by atoms with Gasteiger partial charge in [0.05, 0.1) is 12.2 Å². The summed E-state index contributed by atoms with van der Waals surface area (Å²) >= 11 is 0. The lowest BCUT2D eigenvalue weighted by Gasteiger charge is -2.16. The van der Waals surface area contributed by atoms with E-state index in [1.54, 1.807) is 23.6 Å². The highest BCUT2D eigenvalue weighted by Crippen LogP contribution is 2.20. The number of benzene rings is 1. The molecule has 0 aliphatic carbocycles. The van der Waals surface area contributed by atoms with Crippen LogP contribution in [0.3, 0.4) is 0 Å². The van der Waals surface area contributed by atoms with Crippen LogP contribution in [0.4, 0.5) is 0 Å². The summed E-state index contributed by atoms with van der Waals surface area (Å²) in [6, 6.07) is 13.5. The molecule has 4 nitrogen and oxygen atoms in total. The Balaban J connectivity index is 2.72. The lowest BCUT2D eigenvalue weighted by molar-refractivity contribution is 0.742. The minimum absolute atomic E-state index is 0.163. The molecule has 1 aromatic carbocycles. The molecule has 2 rings (SSSR count). The van der Waals surface area contributed by atoms with Crippen LogP contribution in [0, 0.1) is 18.3 Å². The summed E-state index contributed by atoms with van der Waals surface area (Å²) in [5.41, 5.74) is 9.41. The summed E-state index contributed by atoms with van der Waals surface area (Å²) in [4.78, 5) is 12.9. The normalized spacial score (nSPS) is 11.9. The van der Waals surface area contributed by atoms with E-state index in [0.29, 0.717) is 17.8 Å². The summed E-state index contributed by atoms with van der Waals surface area (Å²) in [6.45, 7) is 7.69. The summed E-state index contributed by atoms with van der Waals surface area (Å²) in [5, 5.41) is 9.34. The zero-order valence-corrected chi connectivity index (χ0v) is 14.5.